The molecule has 78 valence electrons. The van der Waals surface area contributed by atoms with Gasteiger partial charge in [-0.25, -0.2) is 0 Å². The molecule has 15 heavy (non-hydrogen) atoms. The molecule has 0 aliphatic heterocycles. The van der Waals surface area contributed by atoms with E-state index in [0.717, 1.165) is 12.5 Å². The van der Waals surface area contributed by atoms with E-state index in [1.54, 1.807) is 24.3 Å². The van der Waals surface area contributed by atoms with E-state index in [1.807, 2.05) is 6.92 Å². The fourth-order valence-electron chi connectivity index (χ4n) is 0.649. The topological polar surface area (TPSA) is 77.4 Å². The van der Waals surface area contributed by atoms with Crippen LogP contribution >= 0.6 is 0 Å². The Morgan fingerprint density at radius 1 is 1.33 bits per heavy atom. The van der Waals surface area contributed by atoms with Crippen LogP contribution in [-0.4, -0.2) is 19.8 Å². The molecule has 0 radical (unpaired) electrons. The monoisotopic (exact) mass is 238 g/mol. The van der Waals surface area contributed by atoms with Crippen molar-refractivity contribution < 1.29 is 48.2 Å². The molecule has 1 rings (SSSR count). The minimum atomic E-state index is -2.09. The van der Waals surface area contributed by atoms with Crippen LogP contribution in [0.25, 0.3) is 0 Å². The third kappa shape index (κ3) is 10.1. The van der Waals surface area contributed by atoms with Crippen LogP contribution < -0.4 is 29.6 Å². The molecule has 6 heteroatoms. The predicted octanol–water partition coefficient (Wildman–Crippen LogP) is -1.67. The first-order valence-corrected chi connectivity index (χ1v) is 4.86. The quantitative estimate of drug-likeness (QED) is 0.468. The number of carboxylic acids is 1. The number of hydrogen-bond donors (Lipinski definition) is 1. The summed E-state index contributed by atoms with van der Waals surface area (Å²) < 4.78 is 20.6. The number of hydrogen-bond acceptors (Lipinski definition) is 3. The second-order valence-corrected chi connectivity index (χ2v) is 3.51. The average Bonchev–Trinajstić information content (AvgIpc) is 2.03. The number of carboxylic acid groups (broad SMARTS) is 1. The van der Waals surface area contributed by atoms with Gasteiger partial charge in [0.05, 0.1) is 0 Å². The SMILES string of the molecule is CC(=O)O.Cc1ccc(S(=O)[O-])cc1.[Na+]. The van der Waals surface area contributed by atoms with Crippen LogP contribution in [0.5, 0.6) is 0 Å². The summed E-state index contributed by atoms with van der Waals surface area (Å²) in [5, 5.41) is 7.42. The van der Waals surface area contributed by atoms with Gasteiger partial charge in [0.1, 0.15) is 0 Å². The molecular weight excluding hydrogens is 227 g/mol. The molecule has 0 saturated carbocycles. The van der Waals surface area contributed by atoms with Gasteiger partial charge in [0.2, 0.25) is 0 Å². The van der Waals surface area contributed by atoms with Crippen molar-refractivity contribution >= 4 is 17.0 Å². The first kappa shape index (κ1) is 17.2. The molecule has 1 aromatic rings. The summed E-state index contributed by atoms with van der Waals surface area (Å²) in [6, 6.07) is 6.70. The standard InChI is InChI=1S/C7H8O2S.C2H4O2.Na/c1-6-2-4-7(5-3-6)10(8)9;1-2(3)4;/h2-5H,1H3,(H,8,9);1H3,(H,3,4);/q;;+1/p-1. The third-order valence-corrected chi connectivity index (χ3v) is 1.87. The van der Waals surface area contributed by atoms with Crippen LogP contribution in [0.1, 0.15) is 12.5 Å². The summed E-state index contributed by atoms with van der Waals surface area (Å²) in [6.45, 7) is 3.00. The molecule has 0 aliphatic carbocycles. The maximum Gasteiger partial charge on any atom is 1.00 e. The minimum Gasteiger partial charge on any atom is -0.768 e. The number of carbonyl (C=O) groups is 1. The van der Waals surface area contributed by atoms with E-state index >= 15 is 0 Å². The number of aryl methyl sites for hydroxylation is 1. The molecule has 0 saturated heterocycles. The Hall–Kier alpha value is -0.200. The Bertz CT molecular complexity index is 319. The summed E-state index contributed by atoms with van der Waals surface area (Å²) in [7, 11) is 0. The zero-order chi connectivity index (χ0) is 11.1. The first-order valence-electron chi connectivity index (χ1n) is 3.79. The van der Waals surface area contributed by atoms with Gasteiger partial charge in [0, 0.05) is 11.8 Å². The van der Waals surface area contributed by atoms with Gasteiger partial charge in [-0.3, -0.25) is 9.00 Å². The van der Waals surface area contributed by atoms with Crippen LogP contribution in [0.15, 0.2) is 29.2 Å². The van der Waals surface area contributed by atoms with Crippen molar-refractivity contribution in [3.05, 3.63) is 29.8 Å². The van der Waals surface area contributed by atoms with Crippen molar-refractivity contribution in [2.45, 2.75) is 18.7 Å². The maximum atomic E-state index is 10.3. The normalized spacial score (nSPS) is 10.3. The Kier molecular flexibility index (Phi) is 10.4. The van der Waals surface area contributed by atoms with E-state index < -0.39 is 17.0 Å². The fraction of sp³-hybridized carbons (Fsp3) is 0.222. The van der Waals surface area contributed by atoms with Crippen LogP contribution in [0, 0.1) is 6.92 Å². The molecule has 0 bridgehead atoms. The Labute approximate surface area is 113 Å². The second kappa shape index (κ2) is 9.06. The van der Waals surface area contributed by atoms with Crippen molar-refractivity contribution in [3.63, 3.8) is 0 Å². The molecule has 0 amide bonds. The second-order valence-electron chi connectivity index (χ2n) is 2.57. The Balaban J connectivity index is 0. The van der Waals surface area contributed by atoms with Crippen LogP contribution in [0.2, 0.25) is 0 Å². The number of rotatable bonds is 1. The maximum absolute atomic E-state index is 10.3. The fourth-order valence-corrected chi connectivity index (χ4v) is 1.01. The molecular formula is C9H11NaO4S. The molecule has 1 unspecified atom stereocenters. The van der Waals surface area contributed by atoms with Gasteiger partial charge in [0.15, 0.2) is 0 Å². The summed E-state index contributed by atoms with van der Waals surface area (Å²) in [5.41, 5.74) is 1.06. The van der Waals surface area contributed by atoms with E-state index in [0.29, 0.717) is 4.90 Å². The number of aliphatic carboxylic acids is 1. The van der Waals surface area contributed by atoms with Gasteiger partial charge in [0.25, 0.3) is 5.97 Å². The van der Waals surface area contributed by atoms with Gasteiger partial charge in [-0.15, -0.1) is 0 Å². The molecule has 0 fully saturated rings. The third-order valence-electron chi connectivity index (χ3n) is 1.21. The van der Waals surface area contributed by atoms with Gasteiger partial charge < -0.3 is 9.66 Å². The van der Waals surface area contributed by atoms with E-state index in [1.165, 1.54) is 0 Å². The Morgan fingerprint density at radius 2 is 1.67 bits per heavy atom. The summed E-state index contributed by atoms with van der Waals surface area (Å²) >= 11 is -2.09. The van der Waals surface area contributed by atoms with Crippen LogP contribution in [0.4, 0.5) is 0 Å². The summed E-state index contributed by atoms with van der Waals surface area (Å²) in [6.07, 6.45) is 0. The smallest absolute Gasteiger partial charge is 0.768 e. The molecule has 1 N–H and O–H groups in total. The molecule has 0 spiro atoms. The van der Waals surface area contributed by atoms with E-state index in [2.05, 4.69) is 0 Å². The average molecular weight is 238 g/mol. The van der Waals surface area contributed by atoms with E-state index in [4.69, 9.17) is 9.90 Å². The largest absolute Gasteiger partial charge is 1.00 e. The molecule has 0 aromatic heterocycles. The minimum absolute atomic E-state index is 0. The number of benzene rings is 1. The zero-order valence-corrected chi connectivity index (χ0v) is 11.7. The van der Waals surface area contributed by atoms with Gasteiger partial charge in [-0.05, 0) is 30.1 Å². The van der Waals surface area contributed by atoms with Gasteiger partial charge in [-0.2, -0.15) is 0 Å². The zero-order valence-electron chi connectivity index (χ0n) is 8.89. The van der Waals surface area contributed by atoms with Gasteiger partial charge >= 0.3 is 29.6 Å². The van der Waals surface area contributed by atoms with Crippen LogP contribution in [-0.2, 0) is 15.9 Å². The predicted molar refractivity (Wildman–Crippen MR) is 51.7 cm³/mol. The van der Waals surface area contributed by atoms with Crippen molar-refractivity contribution in [2.75, 3.05) is 0 Å². The van der Waals surface area contributed by atoms with Gasteiger partial charge in [-0.1, -0.05) is 17.7 Å². The summed E-state index contributed by atoms with van der Waals surface area (Å²) in [5.74, 6) is -0.833. The molecule has 0 heterocycles. The van der Waals surface area contributed by atoms with Crippen LogP contribution in [0.3, 0.4) is 0 Å². The van der Waals surface area contributed by atoms with Crippen molar-refractivity contribution in [1.29, 1.82) is 0 Å². The van der Waals surface area contributed by atoms with E-state index in [9.17, 15) is 8.76 Å². The van der Waals surface area contributed by atoms with Crippen molar-refractivity contribution in [3.8, 4) is 0 Å². The van der Waals surface area contributed by atoms with E-state index in [-0.39, 0.29) is 29.6 Å². The van der Waals surface area contributed by atoms with Crippen molar-refractivity contribution in [1.82, 2.24) is 0 Å². The van der Waals surface area contributed by atoms with Crippen molar-refractivity contribution in [2.24, 2.45) is 0 Å². The summed E-state index contributed by atoms with van der Waals surface area (Å²) in [4.78, 5) is 9.34. The first-order chi connectivity index (χ1) is 6.43. The molecule has 1 atom stereocenters. The molecule has 1 aromatic carbocycles. The Morgan fingerprint density at radius 3 is 1.93 bits per heavy atom. The molecule has 0 aliphatic rings. The molecule has 4 nitrogen and oxygen atoms in total.